The third-order valence-corrected chi connectivity index (χ3v) is 4.42. The maximum absolute atomic E-state index is 12.6. The van der Waals surface area contributed by atoms with Crippen LogP contribution in [-0.4, -0.2) is 29.6 Å². The average Bonchev–Trinajstić information content (AvgIpc) is 3.00. The van der Waals surface area contributed by atoms with Crippen molar-refractivity contribution in [2.45, 2.75) is 25.9 Å². The SMILES string of the molecule is CCOC(=O)C1Cc2c(cc(O)c(C(=O)Cc3ccccc3)c2Cl)O1. The molecule has 1 aliphatic rings. The second-order valence-electron chi connectivity index (χ2n) is 5.71. The van der Waals surface area contributed by atoms with E-state index in [0.29, 0.717) is 11.3 Å². The molecule has 2 aromatic rings. The van der Waals surface area contributed by atoms with Gasteiger partial charge < -0.3 is 14.6 Å². The summed E-state index contributed by atoms with van der Waals surface area (Å²) in [5.41, 5.74) is 1.41. The number of ketones is 1. The van der Waals surface area contributed by atoms with Crippen molar-refractivity contribution in [2.75, 3.05) is 6.61 Å². The molecule has 0 aliphatic carbocycles. The van der Waals surface area contributed by atoms with E-state index in [1.54, 1.807) is 6.92 Å². The highest BCUT2D eigenvalue weighted by atomic mass is 35.5. The maximum Gasteiger partial charge on any atom is 0.347 e. The zero-order valence-corrected chi connectivity index (χ0v) is 14.4. The molecule has 0 amide bonds. The Morgan fingerprint density at radius 2 is 2.04 bits per heavy atom. The monoisotopic (exact) mass is 360 g/mol. The minimum absolute atomic E-state index is 0.0531. The van der Waals surface area contributed by atoms with Crippen LogP contribution in [0.5, 0.6) is 11.5 Å². The van der Waals surface area contributed by atoms with E-state index >= 15 is 0 Å². The number of hydrogen-bond donors (Lipinski definition) is 1. The summed E-state index contributed by atoms with van der Waals surface area (Å²) in [5, 5.41) is 10.4. The Kier molecular flexibility index (Phi) is 4.95. The van der Waals surface area contributed by atoms with Gasteiger partial charge in [0.25, 0.3) is 0 Å². The third-order valence-electron chi connectivity index (χ3n) is 4.00. The van der Waals surface area contributed by atoms with Crippen LogP contribution in [0.15, 0.2) is 36.4 Å². The second kappa shape index (κ2) is 7.15. The van der Waals surface area contributed by atoms with E-state index < -0.39 is 12.1 Å². The first-order chi connectivity index (χ1) is 12.0. The second-order valence-corrected chi connectivity index (χ2v) is 6.09. The molecule has 25 heavy (non-hydrogen) atoms. The molecule has 6 heteroatoms. The number of halogens is 1. The molecule has 0 bridgehead atoms. The molecular formula is C19H17ClO5. The maximum atomic E-state index is 12.6. The highest BCUT2D eigenvalue weighted by molar-refractivity contribution is 6.35. The van der Waals surface area contributed by atoms with Crippen LogP contribution in [-0.2, 0) is 22.4 Å². The molecule has 1 unspecified atom stereocenters. The van der Waals surface area contributed by atoms with Crippen LogP contribution >= 0.6 is 11.6 Å². The molecule has 130 valence electrons. The zero-order valence-electron chi connectivity index (χ0n) is 13.6. The minimum atomic E-state index is -0.814. The smallest absolute Gasteiger partial charge is 0.347 e. The van der Waals surface area contributed by atoms with E-state index in [9.17, 15) is 14.7 Å². The summed E-state index contributed by atoms with van der Waals surface area (Å²) in [6, 6.07) is 10.5. The molecule has 1 atom stereocenters. The molecule has 0 fully saturated rings. The number of benzene rings is 2. The minimum Gasteiger partial charge on any atom is -0.507 e. The number of esters is 1. The van der Waals surface area contributed by atoms with Crippen molar-refractivity contribution in [1.29, 1.82) is 0 Å². The molecule has 1 heterocycles. The molecule has 1 N–H and O–H groups in total. The summed E-state index contributed by atoms with van der Waals surface area (Å²) in [6.07, 6.45) is -0.486. The van der Waals surface area contributed by atoms with Crippen LogP contribution in [0.1, 0.15) is 28.4 Å². The lowest BCUT2D eigenvalue weighted by Gasteiger charge is -2.10. The van der Waals surface area contributed by atoms with Crippen LogP contribution < -0.4 is 4.74 Å². The summed E-state index contributed by atoms with van der Waals surface area (Å²) in [5.74, 6) is -0.742. The summed E-state index contributed by atoms with van der Waals surface area (Å²) in [7, 11) is 0. The van der Waals surface area contributed by atoms with Crippen molar-refractivity contribution in [2.24, 2.45) is 0 Å². The molecule has 5 nitrogen and oxygen atoms in total. The van der Waals surface area contributed by atoms with Crippen molar-refractivity contribution in [3.63, 3.8) is 0 Å². The number of rotatable bonds is 5. The summed E-state index contributed by atoms with van der Waals surface area (Å²) in [4.78, 5) is 24.4. The van der Waals surface area contributed by atoms with Crippen LogP contribution in [0.3, 0.4) is 0 Å². The van der Waals surface area contributed by atoms with Gasteiger partial charge in [0.15, 0.2) is 11.9 Å². The topological polar surface area (TPSA) is 72.8 Å². The molecule has 0 saturated carbocycles. The van der Waals surface area contributed by atoms with Gasteiger partial charge >= 0.3 is 5.97 Å². The highest BCUT2D eigenvalue weighted by Crippen LogP contribution is 2.42. The molecule has 3 rings (SSSR count). The number of carbonyl (C=O) groups excluding carboxylic acids is 2. The Morgan fingerprint density at radius 3 is 2.72 bits per heavy atom. The number of hydrogen-bond acceptors (Lipinski definition) is 5. The third kappa shape index (κ3) is 3.46. The number of fused-ring (bicyclic) bond motifs is 1. The summed E-state index contributed by atoms with van der Waals surface area (Å²) in [6.45, 7) is 1.95. The lowest BCUT2D eigenvalue weighted by Crippen LogP contribution is -2.27. The quantitative estimate of drug-likeness (QED) is 0.654. The van der Waals surface area contributed by atoms with E-state index in [1.165, 1.54) is 6.07 Å². The Labute approximate surface area is 150 Å². The van der Waals surface area contributed by atoms with Crippen molar-refractivity contribution >= 4 is 23.4 Å². The fourth-order valence-electron chi connectivity index (χ4n) is 2.83. The average molecular weight is 361 g/mol. The fourth-order valence-corrected chi connectivity index (χ4v) is 3.20. The van der Waals surface area contributed by atoms with Gasteiger partial charge in [0.1, 0.15) is 11.5 Å². The largest absolute Gasteiger partial charge is 0.507 e. The predicted octanol–water partition coefficient (Wildman–Crippen LogP) is 3.34. The van der Waals surface area contributed by atoms with Gasteiger partial charge in [0.05, 0.1) is 17.2 Å². The number of phenols is 1. The number of aromatic hydroxyl groups is 1. The van der Waals surface area contributed by atoms with Crippen molar-refractivity contribution in [1.82, 2.24) is 0 Å². The van der Waals surface area contributed by atoms with Crippen LogP contribution in [0, 0.1) is 0 Å². The van der Waals surface area contributed by atoms with E-state index in [4.69, 9.17) is 21.1 Å². The Balaban J connectivity index is 1.88. The van der Waals surface area contributed by atoms with Crippen molar-refractivity contribution < 1.29 is 24.2 Å². The van der Waals surface area contributed by atoms with E-state index in [0.717, 1.165) is 5.56 Å². The summed E-state index contributed by atoms with van der Waals surface area (Å²) >= 11 is 6.35. The van der Waals surface area contributed by atoms with Gasteiger partial charge in [-0.3, -0.25) is 4.79 Å². The fraction of sp³-hybridized carbons (Fsp3) is 0.263. The Hall–Kier alpha value is -2.53. The standard InChI is InChI=1S/C19H17ClO5/c1-2-24-19(23)16-9-12-15(25-16)10-14(22)17(18(12)20)13(21)8-11-6-4-3-5-7-11/h3-7,10,16,22H,2,8-9H2,1H3. The predicted molar refractivity (Wildman–Crippen MR) is 92.3 cm³/mol. The first-order valence-corrected chi connectivity index (χ1v) is 8.33. The molecule has 1 aliphatic heterocycles. The van der Waals surface area contributed by atoms with E-state index in [-0.39, 0.29) is 41.6 Å². The lowest BCUT2D eigenvalue weighted by molar-refractivity contribution is -0.150. The molecule has 0 aromatic heterocycles. The summed E-state index contributed by atoms with van der Waals surface area (Å²) < 4.78 is 10.5. The van der Waals surface area contributed by atoms with Crippen molar-refractivity contribution in [3.05, 3.63) is 58.1 Å². The first kappa shape index (κ1) is 17.3. The molecule has 0 spiro atoms. The Bertz CT molecular complexity index is 816. The number of ether oxygens (including phenoxy) is 2. The zero-order chi connectivity index (χ0) is 18.0. The molecule has 2 aromatic carbocycles. The highest BCUT2D eigenvalue weighted by Gasteiger charge is 2.34. The van der Waals surface area contributed by atoms with Crippen LogP contribution in [0.2, 0.25) is 5.02 Å². The Morgan fingerprint density at radius 1 is 1.32 bits per heavy atom. The number of carbonyl (C=O) groups is 2. The number of Topliss-reactive ketones (excluding diaryl/α,β-unsaturated/α-hetero) is 1. The van der Waals surface area contributed by atoms with Crippen LogP contribution in [0.4, 0.5) is 0 Å². The van der Waals surface area contributed by atoms with Gasteiger partial charge in [-0.25, -0.2) is 4.79 Å². The van der Waals surface area contributed by atoms with E-state index in [2.05, 4.69) is 0 Å². The van der Waals surface area contributed by atoms with E-state index in [1.807, 2.05) is 30.3 Å². The van der Waals surface area contributed by atoms with Gasteiger partial charge in [-0.05, 0) is 12.5 Å². The van der Waals surface area contributed by atoms with Gasteiger partial charge in [-0.2, -0.15) is 0 Å². The normalized spacial score (nSPS) is 15.4. The van der Waals surface area contributed by atoms with Crippen molar-refractivity contribution in [3.8, 4) is 11.5 Å². The van der Waals surface area contributed by atoms with Gasteiger partial charge in [-0.15, -0.1) is 0 Å². The van der Waals surface area contributed by atoms with Gasteiger partial charge in [0.2, 0.25) is 0 Å². The molecular weight excluding hydrogens is 344 g/mol. The lowest BCUT2D eigenvalue weighted by atomic mass is 9.98. The van der Waals surface area contributed by atoms with Gasteiger partial charge in [-0.1, -0.05) is 41.9 Å². The van der Waals surface area contributed by atoms with Gasteiger partial charge in [0, 0.05) is 24.5 Å². The number of phenolic OH excluding ortho intramolecular Hbond substituents is 1. The molecule has 0 saturated heterocycles. The molecule has 0 radical (unpaired) electrons. The van der Waals surface area contributed by atoms with Crippen LogP contribution in [0.25, 0.3) is 0 Å². The first-order valence-electron chi connectivity index (χ1n) is 7.96.